The summed E-state index contributed by atoms with van der Waals surface area (Å²) in [6.45, 7) is 6.08. The maximum atomic E-state index is 13.4. The average Bonchev–Trinajstić information content (AvgIpc) is 3.71. The summed E-state index contributed by atoms with van der Waals surface area (Å²) in [5.74, 6) is -2.46. The van der Waals surface area contributed by atoms with Crippen molar-refractivity contribution in [3.05, 3.63) is 42.1 Å². The van der Waals surface area contributed by atoms with E-state index in [9.17, 15) is 29.1 Å². The van der Waals surface area contributed by atoms with E-state index >= 15 is 0 Å². The van der Waals surface area contributed by atoms with E-state index in [2.05, 4.69) is 15.7 Å². The van der Waals surface area contributed by atoms with Crippen LogP contribution in [0, 0.1) is 0 Å². The molecule has 2 aromatic rings. The number of hydrogen-bond donors (Lipinski definition) is 3. The SMILES string of the molecule is CCOC(=O)N1CCN(C(=O)C(CCC(=O)O)NC(=O)c2cc(OC(C)(C)C(=O)NC3CC3)n(-c3ccccc3)n2)CC1. The van der Waals surface area contributed by atoms with Gasteiger partial charge >= 0.3 is 12.1 Å². The van der Waals surface area contributed by atoms with Crippen molar-refractivity contribution in [3.8, 4) is 11.6 Å². The normalized spacial score (nSPS) is 15.8. The first-order valence-corrected chi connectivity index (χ1v) is 14.4. The van der Waals surface area contributed by atoms with E-state index in [1.54, 1.807) is 45.0 Å². The molecule has 1 unspecified atom stereocenters. The number of carbonyl (C=O) groups excluding carboxylic acids is 4. The Balaban J connectivity index is 1.52. The van der Waals surface area contributed by atoms with E-state index in [1.165, 1.54) is 20.5 Å². The van der Waals surface area contributed by atoms with E-state index in [0.717, 1.165) is 12.8 Å². The third kappa shape index (κ3) is 8.23. The summed E-state index contributed by atoms with van der Waals surface area (Å²) >= 11 is 0. The van der Waals surface area contributed by atoms with Crippen LogP contribution in [0.4, 0.5) is 4.79 Å². The Labute approximate surface area is 249 Å². The molecule has 4 amide bonds. The van der Waals surface area contributed by atoms with Crippen molar-refractivity contribution in [2.75, 3.05) is 32.8 Å². The van der Waals surface area contributed by atoms with Gasteiger partial charge < -0.3 is 35.0 Å². The van der Waals surface area contributed by atoms with Gasteiger partial charge in [-0.2, -0.15) is 5.10 Å². The Bertz CT molecular complexity index is 1330. The van der Waals surface area contributed by atoms with E-state index < -0.39 is 35.5 Å². The number of benzene rings is 1. The standard InChI is InChI=1S/C29H38N6O8/c1-4-42-28(41)34-16-14-33(15-17-34)26(39)21(12-13-24(36)37)31-25(38)22-18-23(35(32-22)20-8-6-5-7-9-20)43-29(2,3)27(40)30-19-10-11-19/h5-9,18-19,21H,4,10-17H2,1-3H3,(H,30,40)(H,31,38)(H,36,37). The van der Waals surface area contributed by atoms with E-state index in [4.69, 9.17) is 9.47 Å². The number of aliphatic carboxylic acids is 1. The number of carbonyl (C=O) groups is 5. The molecule has 4 rings (SSSR count). The van der Waals surface area contributed by atoms with E-state index in [0.29, 0.717) is 5.69 Å². The second-order valence-electron chi connectivity index (χ2n) is 10.9. The number of nitrogens with one attached hydrogen (secondary N) is 2. The van der Waals surface area contributed by atoms with Gasteiger partial charge in [0, 0.05) is 44.7 Å². The number of nitrogens with zero attached hydrogens (tertiary/aromatic N) is 4. The number of para-hydroxylation sites is 1. The highest BCUT2D eigenvalue weighted by Gasteiger charge is 2.36. The Morgan fingerprint density at radius 3 is 2.30 bits per heavy atom. The summed E-state index contributed by atoms with van der Waals surface area (Å²) < 4.78 is 12.5. The Morgan fingerprint density at radius 2 is 1.70 bits per heavy atom. The van der Waals surface area contributed by atoms with Gasteiger partial charge in [0.2, 0.25) is 11.8 Å². The van der Waals surface area contributed by atoms with Crippen LogP contribution in [0.3, 0.4) is 0 Å². The lowest BCUT2D eigenvalue weighted by Crippen LogP contribution is -2.56. The van der Waals surface area contributed by atoms with Gasteiger partial charge in [0.1, 0.15) is 6.04 Å². The van der Waals surface area contributed by atoms with Crippen LogP contribution < -0.4 is 15.4 Å². The van der Waals surface area contributed by atoms with Crippen LogP contribution in [-0.2, 0) is 19.1 Å². The van der Waals surface area contributed by atoms with Crippen LogP contribution >= 0.6 is 0 Å². The summed E-state index contributed by atoms with van der Waals surface area (Å²) in [6, 6.07) is 9.27. The number of amides is 4. The summed E-state index contributed by atoms with van der Waals surface area (Å²) in [7, 11) is 0. The average molecular weight is 599 g/mol. The lowest BCUT2D eigenvalue weighted by Gasteiger charge is -2.35. The first kappa shape index (κ1) is 31.3. The Kier molecular flexibility index (Phi) is 9.88. The Morgan fingerprint density at radius 1 is 1.05 bits per heavy atom. The fraction of sp³-hybridized carbons (Fsp3) is 0.517. The van der Waals surface area contributed by atoms with Crippen molar-refractivity contribution in [1.29, 1.82) is 0 Å². The molecule has 43 heavy (non-hydrogen) atoms. The van der Waals surface area contributed by atoms with E-state index in [-0.39, 0.29) is 69.2 Å². The zero-order chi connectivity index (χ0) is 31.1. The Hall–Kier alpha value is -4.62. The van der Waals surface area contributed by atoms with Crippen LogP contribution in [0.15, 0.2) is 36.4 Å². The second kappa shape index (κ2) is 13.6. The molecule has 1 saturated carbocycles. The lowest BCUT2D eigenvalue weighted by molar-refractivity contribution is -0.138. The molecular weight excluding hydrogens is 560 g/mol. The number of aromatic nitrogens is 2. The topological polar surface area (TPSA) is 172 Å². The quantitative estimate of drug-likeness (QED) is 0.328. The molecule has 0 radical (unpaired) electrons. The zero-order valence-electron chi connectivity index (χ0n) is 24.6. The molecule has 14 nitrogen and oxygen atoms in total. The molecule has 1 aromatic heterocycles. The molecule has 2 aliphatic rings. The lowest BCUT2D eigenvalue weighted by atomic mass is 10.1. The second-order valence-corrected chi connectivity index (χ2v) is 10.9. The van der Waals surface area contributed by atoms with Gasteiger partial charge in [-0.1, -0.05) is 18.2 Å². The van der Waals surface area contributed by atoms with Crippen molar-refractivity contribution in [2.45, 2.75) is 64.1 Å². The molecule has 14 heteroatoms. The van der Waals surface area contributed by atoms with Crippen molar-refractivity contribution in [1.82, 2.24) is 30.2 Å². The van der Waals surface area contributed by atoms with Crippen molar-refractivity contribution >= 4 is 29.8 Å². The van der Waals surface area contributed by atoms with Crippen molar-refractivity contribution in [2.24, 2.45) is 0 Å². The fourth-order valence-corrected chi connectivity index (χ4v) is 4.50. The fourth-order valence-electron chi connectivity index (χ4n) is 4.50. The van der Waals surface area contributed by atoms with Gasteiger partial charge in [0.15, 0.2) is 11.3 Å². The van der Waals surface area contributed by atoms with Crippen LogP contribution in [0.5, 0.6) is 5.88 Å². The zero-order valence-corrected chi connectivity index (χ0v) is 24.6. The molecule has 2 heterocycles. The third-order valence-electron chi connectivity index (χ3n) is 7.10. The molecule has 232 valence electrons. The molecule has 1 atom stereocenters. The smallest absolute Gasteiger partial charge is 0.409 e. The summed E-state index contributed by atoms with van der Waals surface area (Å²) in [5.41, 5.74) is -0.792. The van der Waals surface area contributed by atoms with Crippen LogP contribution in [0.1, 0.15) is 56.9 Å². The summed E-state index contributed by atoms with van der Waals surface area (Å²) in [6.07, 6.45) is 0.866. The molecule has 2 fully saturated rings. The van der Waals surface area contributed by atoms with Gasteiger partial charge in [-0.15, -0.1) is 0 Å². The largest absolute Gasteiger partial charge is 0.481 e. The molecule has 0 spiro atoms. The minimum atomic E-state index is -1.28. The maximum Gasteiger partial charge on any atom is 0.409 e. The first-order chi connectivity index (χ1) is 20.5. The molecule has 0 bridgehead atoms. The first-order valence-electron chi connectivity index (χ1n) is 14.4. The minimum Gasteiger partial charge on any atom is -0.481 e. The highest BCUT2D eigenvalue weighted by molar-refractivity contribution is 5.96. The number of piperazine rings is 1. The van der Waals surface area contributed by atoms with Crippen molar-refractivity contribution in [3.63, 3.8) is 0 Å². The molecule has 1 aromatic carbocycles. The number of rotatable bonds is 12. The van der Waals surface area contributed by atoms with E-state index in [1.807, 2.05) is 6.07 Å². The number of ether oxygens (including phenoxy) is 2. The van der Waals surface area contributed by atoms with Crippen LogP contribution in [0.2, 0.25) is 0 Å². The summed E-state index contributed by atoms with van der Waals surface area (Å²) in [5, 5.41) is 19.2. The highest BCUT2D eigenvalue weighted by atomic mass is 16.6. The predicted molar refractivity (Wildman–Crippen MR) is 153 cm³/mol. The molecular formula is C29H38N6O8. The minimum absolute atomic E-state index is 0.0856. The summed E-state index contributed by atoms with van der Waals surface area (Å²) in [4.78, 5) is 66.0. The van der Waals surface area contributed by atoms with Gasteiger partial charge in [0.05, 0.1) is 12.3 Å². The van der Waals surface area contributed by atoms with Gasteiger partial charge in [-0.25, -0.2) is 9.48 Å². The van der Waals surface area contributed by atoms with Crippen LogP contribution in [0.25, 0.3) is 5.69 Å². The number of hydrogen-bond acceptors (Lipinski definition) is 8. The van der Waals surface area contributed by atoms with Gasteiger partial charge in [-0.05, 0) is 52.2 Å². The molecule has 1 aliphatic carbocycles. The van der Waals surface area contributed by atoms with Crippen molar-refractivity contribution < 1.29 is 38.6 Å². The maximum absolute atomic E-state index is 13.4. The molecule has 1 aliphatic heterocycles. The molecule has 3 N–H and O–H groups in total. The van der Waals surface area contributed by atoms with Gasteiger partial charge in [-0.3, -0.25) is 19.2 Å². The third-order valence-corrected chi connectivity index (χ3v) is 7.10. The molecule has 1 saturated heterocycles. The van der Waals surface area contributed by atoms with Gasteiger partial charge in [0.25, 0.3) is 11.8 Å². The highest BCUT2D eigenvalue weighted by Crippen LogP contribution is 2.26. The predicted octanol–water partition coefficient (Wildman–Crippen LogP) is 1.57. The number of carboxylic acids is 1. The number of carboxylic acid groups (broad SMARTS) is 1. The monoisotopic (exact) mass is 598 g/mol. The van der Waals surface area contributed by atoms with Crippen LogP contribution in [-0.4, -0.2) is 105 Å².